The Kier molecular flexibility index (Phi) is 3.02. The minimum atomic E-state index is -3.63. The van der Waals surface area contributed by atoms with Crippen LogP contribution in [0.25, 0.3) is 0 Å². The van der Waals surface area contributed by atoms with Crippen LogP contribution in [0.5, 0.6) is 0 Å². The molecular weight excluding hydrogens is 238 g/mol. The number of hydrogen-bond acceptors (Lipinski definition) is 3. The highest BCUT2D eigenvalue weighted by molar-refractivity contribution is 7.93. The highest BCUT2D eigenvalue weighted by Crippen LogP contribution is 2.19. The molecule has 1 aromatic carbocycles. The van der Waals surface area contributed by atoms with Gasteiger partial charge in [0.15, 0.2) is 15.1 Å². The predicted octanol–water partition coefficient (Wildman–Crippen LogP) is 0.823. The van der Waals surface area contributed by atoms with Crippen LogP contribution in [0.2, 0.25) is 0 Å². The first-order chi connectivity index (χ1) is 8.01. The van der Waals surface area contributed by atoms with Gasteiger partial charge in [0.1, 0.15) is 0 Å². The molecule has 1 aliphatic rings. The Morgan fingerprint density at radius 3 is 2.47 bits per heavy atom. The average Bonchev–Trinajstić information content (AvgIpc) is 2.30. The lowest BCUT2D eigenvalue weighted by Gasteiger charge is -2.17. The number of sulfone groups is 1. The van der Waals surface area contributed by atoms with Gasteiger partial charge in [0, 0.05) is 6.54 Å². The van der Waals surface area contributed by atoms with Crippen LogP contribution < -0.4 is 5.32 Å². The van der Waals surface area contributed by atoms with E-state index in [0.29, 0.717) is 6.54 Å². The fourth-order valence-corrected chi connectivity index (χ4v) is 3.15. The van der Waals surface area contributed by atoms with E-state index in [0.717, 1.165) is 5.56 Å². The molecule has 1 aliphatic heterocycles. The Labute approximate surface area is 100 Å². The summed E-state index contributed by atoms with van der Waals surface area (Å²) in [4.78, 5) is 11.7. The summed E-state index contributed by atoms with van der Waals surface area (Å²) in [7, 11) is -3.63. The van der Waals surface area contributed by atoms with Crippen LogP contribution in [-0.2, 0) is 14.6 Å². The summed E-state index contributed by atoms with van der Waals surface area (Å²) in [5, 5.41) is 1.40. The molecule has 5 heteroatoms. The van der Waals surface area contributed by atoms with E-state index < -0.39 is 21.0 Å². The van der Waals surface area contributed by atoms with E-state index in [1.54, 1.807) is 18.2 Å². The van der Waals surface area contributed by atoms with Crippen molar-refractivity contribution in [3.63, 3.8) is 0 Å². The normalized spacial score (nSPS) is 20.1. The largest absolute Gasteiger partial charge is 0.351 e. The third-order valence-electron chi connectivity index (χ3n) is 2.65. The van der Waals surface area contributed by atoms with Gasteiger partial charge in [-0.3, -0.25) is 4.79 Å². The number of carbonyl (C=O) groups excluding carboxylic acids is 1. The maximum Gasteiger partial charge on any atom is 0.242 e. The molecule has 0 saturated heterocycles. The van der Waals surface area contributed by atoms with Crippen molar-refractivity contribution >= 4 is 15.7 Å². The zero-order chi connectivity index (χ0) is 12.5. The highest BCUT2D eigenvalue weighted by atomic mass is 32.2. The molecule has 1 heterocycles. The van der Waals surface area contributed by atoms with Crippen molar-refractivity contribution in [2.45, 2.75) is 17.1 Å². The molecule has 0 radical (unpaired) electrons. The lowest BCUT2D eigenvalue weighted by atomic mass is 10.2. The third kappa shape index (κ3) is 2.24. The Hall–Kier alpha value is -1.62. The maximum atomic E-state index is 12.2. The number of amides is 1. The van der Waals surface area contributed by atoms with Gasteiger partial charge in [0.2, 0.25) is 5.91 Å². The van der Waals surface area contributed by atoms with Crippen LogP contribution in [0.15, 0.2) is 41.3 Å². The fourth-order valence-electron chi connectivity index (χ4n) is 1.66. The summed E-state index contributed by atoms with van der Waals surface area (Å²) in [5.41, 5.74) is 0.979. The maximum absolute atomic E-state index is 12.2. The molecule has 4 nitrogen and oxygen atoms in total. The van der Waals surface area contributed by atoms with E-state index in [1.165, 1.54) is 18.2 Å². The third-order valence-corrected chi connectivity index (χ3v) is 4.62. The van der Waals surface area contributed by atoms with Crippen molar-refractivity contribution in [1.29, 1.82) is 0 Å². The van der Waals surface area contributed by atoms with Gasteiger partial charge < -0.3 is 5.32 Å². The highest BCUT2D eigenvalue weighted by Gasteiger charge is 2.32. The molecule has 0 spiro atoms. The minimum absolute atomic E-state index is 0.176. The summed E-state index contributed by atoms with van der Waals surface area (Å²) in [6.45, 7) is 2.27. The van der Waals surface area contributed by atoms with Crippen LogP contribution in [-0.4, -0.2) is 26.1 Å². The van der Waals surface area contributed by atoms with Crippen molar-refractivity contribution in [3.8, 4) is 0 Å². The van der Waals surface area contributed by atoms with Crippen molar-refractivity contribution in [3.05, 3.63) is 42.0 Å². The molecule has 0 fully saturated rings. The minimum Gasteiger partial charge on any atom is -0.351 e. The van der Waals surface area contributed by atoms with E-state index in [-0.39, 0.29) is 4.90 Å². The molecule has 0 aromatic heterocycles. The first-order valence-corrected chi connectivity index (χ1v) is 6.81. The second-order valence-corrected chi connectivity index (χ2v) is 6.02. The van der Waals surface area contributed by atoms with Crippen molar-refractivity contribution in [2.24, 2.45) is 0 Å². The Morgan fingerprint density at radius 1 is 1.24 bits per heavy atom. The van der Waals surface area contributed by atoms with E-state index >= 15 is 0 Å². The van der Waals surface area contributed by atoms with Gasteiger partial charge in [-0.2, -0.15) is 0 Å². The number of benzene rings is 1. The fraction of sp³-hybridized carbons (Fsp3) is 0.250. The lowest BCUT2D eigenvalue weighted by molar-refractivity contribution is -0.119. The Morgan fingerprint density at radius 2 is 1.88 bits per heavy atom. The van der Waals surface area contributed by atoms with Crippen LogP contribution in [0, 0.1) is 6.92 Å². The molecule has 1 N–H and O–H groups in total. The van der Waals surface area contributed by atoms with Crippen molar-refractivity contribution in [1.82, 2.24) is 5.32 Å². The van der Waals surface area contributed by atoms with Gasteiger partial charge in [-0.1, -0.05) is 29.8 Å². The van der Waals surface area contributed by atoms with Gasteiger partial charge in [0.05, 0.1) is 4.90 Å². The Bertz CT molecular complexity index is 558. The van der Waals surface area contributed by atoms with Crippen LogP contribution in [0.3, 0.4) is 0 Å². The zero-order valence-electron chi connectivity index (χ0n) is 9.38. The zero-order valence-corrected chi connectivity index (χ0v) is 10.2. The summed E-state index contributed by atoms with van der Waals surface area (Å²) in [6, 6.07) is 6.50. The van der Waals surface area contributed by atoms with E-state index in [9.17, 15) is 13.2 Å². The molecule has 2 rings (SSSR count). The SMILES string of the molecule is Cc1ccc(S(=O)(=O)C2C=CCNC2=O)cc1. The molecule has 1 atom stereocenters. The van der Waals surface area contributed by atoms with E-state index in [4.69, 9.17) is 0 Å². The number of aryl methyl sites for hydroxylation is 1. The topological polar surface area (TPSA) is 63.2 Å². The number of nitrogens with one attached hydrogen (secondary N) is 1. The van der Waals surface area contributed by atoms with E-state index in [1.807, 2.05) is 6.92 Å². The summed E-state index contributed by atoms with van der Waals surface area (Å²) in [5.74, 6) is -0.465. The van der Waals surface area contributed by atoms with Gasteiger partial charge in [-0.05, 0) is 19.1 Å². The quantitative estimate of drug-likeness (QED) is 0.792. The molecule has 1 unspecified atom stereocenters. The lowest BCUT2D eigenvalue weighted by Crippen LogP contribution is -2.41. The number of hydrogen-bond donors (Lipinski definition) is 1. The first-order valence-electron chi connectivity index (χ1n) is 5.27. The molecule has 90 valence electrons. The molecule has 0 aliphatic carbocycles. The van der Waals surface area contributed by atoms with Crippen LogP contribution >= 0.6 is 0 Å². The summed E-state index contributed by atoms with van der Waals surface area (Å²) >= 11 is 0. The molecule has 17 heavy (non-hydrogen) atoms. The van der Waals surface area contributed by atoms with Crippen molar-refractivity contribution < 1.29 is 13.2 Å². The Balaban J connectivity index is 2.42. The molecule has 1 aromatic rings. The summed E-state index contributed by atoms with van der Waals surface area (Å²) in [6.07, 6.45) is 3.09. The second kappa shape index (κ2) is 4.33. The smallest absolute Gasteiger partial charge is 0.242 e. The van der Waals surface area contributed by atoms with Gasteiger partial charge in [0.25, 0.3) is 0 Å². The average molecular weight is 251 g/mol. The van der Waals surface area contributed by atoms with E-state index in [2.05, 4.69) is 5.32 Å². The molecule has 0 saturated carbocycles. The number of carbonyl (C=O) groups is 1. The predicted molar refractivity (Wildman–Crippen MR) is 64.3 cm³/mol. The van der Waals surface area contributed by atoms with Crippen LogP contribution in [0.4, 0.5) is 0 Å². The summed E-state index contributed by atoms with van der Waals surface area (Å²) < 4.78 is 24.4. The standard InChI is InChI=1S/C12H13NO3S/c1-9-4-6-10(7-5-9)17(15,16)11-3-2-8-13-12(11)14/h2-7,11H,8H2,1H3,(H,13,14). The first kappa shape index (κ1) is 11.9. The van der Waals surface area contributed by atoms with Gasteiger partial charge in [-0.15, -0.1) is 0 Å². The number of rotatable bonds is 2. The molecule has 1 amide bonds. The monoisotopic (exact) mass is 251 g/mol. The van der Waals surface area contributed by atoms with Gasteiger partial charge in [-0.25, -0.2) is 8.42 Å². The molecule has 0 bridgehead atoms. The van der Waals surface area contributed by atoms with Crippen LogP contribution in [0.1, 0.15) is 5.56 Å². The second-order valence-electron chi connectivity index (χ2n) is 3.95. The molecular formula is C12H13NO3S. The van der Waals surface area contributed by atoms with Crippen molar-refractivity contribution in [2.75, 3.05) is 6.54 Å². The van der Waals surface area contributed by atoms with Gasteiger partial charge >= 0.3 is 0 Å².